The molecule has 0 spiro atoms. The second kappa shape index (κ2) is 11.9. The van der Waals surface area contributed by atoms with E-state index in [4.69, 9.17) is 19.3 Å². The predicted molar refractivity (Wildman–Crippen MR) is 96.8 cm³/mol. The molecule has 0 aromatic heterocycles. The van der Waals surface area contributed by atoms with Crippen LogP contribution in [0.25, 0.3) is 0 Å². The van der Waals surface area contributed by atoms with Gasteiger partial charge in [-0.25, -0.2) is 0 Å². The van der Waals surface area contributed by atoms with Crippen LogP contribution in [0.5, 0.6) is 0 Å². The summed E-state index contributed by atoms with van der Waals surface area (Å²) in [5, 5.41) is 8.63. The van der Waals surface area contributed by atoms with Crippen molar-refractivity contribution in [2.24, 2.45) is 11.8 Å². The van der Waals surface area contributed by atoms with Crippen LogP contribution in [0.3, 0.4) is 0 Å². The van der Waals surface area contributed by atoms with Crippen molar-refractivity contribution in [3.8, 4) is 0 Å². The fourth-order valence-electron chi connectivity index (χ4n) is 4.27. The lowest BCUT2D eigenvalue weighted by Gasteiger charge is -2.28. The number of ether oxygens (including phenoxy) is 3. The van der Waals surface area contributed by atoms with E-state index in [0.29, 0.717) is 43.7 Å². The number of rotatable bonds is 15. The summed E-state index contributed by atoms with van der Waals surface area (Å²) in [6.07, 6.45) is 11.1. The minimum absolute atomic E-state index is 0.190. The van der Waals surface area contributed by atoms with Crippen molar-refractivity contribution in [3.63, 3.8) is 0 Å². The van der Waals surface area contributed by atoms with Crippen molar-refractivity contribution in [2.45, 2.75) is 83.3 Å². The quantitative estimate of drug-likeness (QED) is 0.449. The minimum atomic E-state index is -0.750. The Morgan fingerprint density at radius 3 is 2.08 bits per heavy atom. The standard InChI is InChI=1S/C20H36O5/c1-2-3-4-5-12-23-14-10-16-17(19-9-8-18(16)25-19)11-15-24-13-6-7-20(21)22/h16-19H,2-15H2,1H3,(H,21,22). The number of hydrogen-bond acceptors (Lipinski definition) is 4. The van der Waals surface area contributed by atoms with Gasteiger partial charge in [0, 0.05) is 32.8 Å². The molecule has 2 heterocycles. The molecule has 4 unspecified atom stereocenters. The lowest BCUT2D eigenvalue weighted by atomic mass is 9.76. The summed E-state index contributed by atoms with van der Waals surface area (Å²) >= 11 is 0. The first kappa shape index (κ1) is 20.7. The summed E-state index contributed by atoms with van der Waals surface area (Å²) in [6.45, 7) is 5.22. The maximum atomic E-state index is 10.5. The Balaban J connectivity index is 1.57. The zero-order valence-corrected chi connectivity index (χ0v) is 15.8. The Morgan fingerprint density at radius 2 is 1.52 bits per heavy atom. The van der Waals surface area contributed by atoms with E-state index in [0.717, 1.165) is 26.1 Å². The van der Waals surface area contributed by atoms with Crippen molar-refractivity contribution in [3.05, 3.63) is 0 Å². The van der Waals surface area contributed by atoms with Gasteiger partial charge in [-0.15, -0.1) is 0 Å². The molecule has 5 nitrogen and oxygen atoms in total. The van der Waals surface area contributed by atoms with Gasteiger partial charge in [-0.1, -0.05) is 26.2 Å². The Kier molecular flexibility index (Phi) is 9.81. The molecule has 1 N–H and O–H groups in total. The van der Waals surface area contributed by atoms with Gasteiger partial charge in [-0.3, -0.25) is 4.79 Å². The molecule has 2 aliphatic rings. The van der Waals surface area contributed by atoms with Crippen LogP contribution in [0.1, 0.15) is 71.1 Å². The van der Waals surface area contributed by atoms with Gasteiger partial charge in [-0.05, 0) is 50.4 Å². The SMILES string of the molecule is CCCCCCOCCC1C2CCC(O2)C1CCOCCCC(=O)O. The second-order valence-corrected chi connectivity index (χ2v) is 7.48. The van der Waals surface area contributed by atoms with E-state index in [1.54, 1.807) is 0 Å². The Bertz CT molecular complexity index is 373. The third-order valence-electron chi connectivity index (χ3n) is 5.60. The van der Waals surface area contributed by atoms with Crippen molar-refractivity contribution >= 4 is 5.97 Å². The highest BCUT2D eigenvalue weighted by molar-refractivity contribution is 5.66. The number of carboxylic acid groups (broad SMARTS) is 1. The number of aliphatic carboxylic acids is 1. The summed E-state index contributed by atoms with van der Waals surface area (Å²) in [5.41, 5.74) is 0. The van der Waals surface area contributed by atoms with Crippen molar-refractivity contribution in [1.29, 1.82) is 0 Å². The van der Waals surface area contributed by atoms with E-state index in [2.05, 4.69) is 6.92 Å². The van der Waals surface area contributed by atoms with Crippen LogP contribution < -0.4 is 0 Å². The van der Waals surface area contributed by atoms with Crippen molar-refractivity contribution < 1.29 is 24.1 Å². The Morgan fingerprint density at radius 1 is 0.920 bits per heavy atom. The van der Waals surface area contributed by atoms with Crippen LogP contribution in [0.15, 0.2) is 0 Å². The van der Waals surface area contributed by atoms with E-state index < -0.39 is 5.97 Å². The summed E-state index contributed by atoms with van der Waals surface area (Å²) in [7, 11) is 0. The fourth-order valence-corrected chi connectivity index (χ4v) is 4.27. The first-order valence-electron chi connectivity index (χ1n) is 10.2. The Labute approximate surface area is 152 Å². The Hall–Kier alpha value is -0.650. The third-order valence-corrected chi connectivity index (χ3v) is 5.60. The number of hydrogen-bond donors (Lipinski definition) is 1. The molecule has 0 aliphatic carbocycles. The normalized spacial score (nSPS) is 27.9. The van der Waals surface area contributed by atoms with E-state index in [1.807, 2.05) is 0 Å². The molecule has 0 radical (unpaired) electrons. The van der Waals surface area contributed by atoms with Crippen LogP contribution >= 0.6 is 0 Å². The zero-order chi connectivity index (χ0) is 17.9. The first-order valence-corrected chi connectivity index (χ1v) is 10.2. The van der Waals surface area contributed by atoms with E-state index in [1.165, 1.54) is 38.5 Å². The van der Waals surface area contributed by atoms with E-state index >= 15 is 0 Å². The third kappa shape index (κ3) is 7.24. The van der Waals surface area contributed by atoms with Crippen LogP contribution in [0.2, 0.25) is 0 Å². The summed E-state index contributed by atoms with van der Waals surface area (Å²) in [6, 6.07) is 0. The molecule has 5 heteroatoms. The number of carboxylic acids is 1. The molecule has 2 rings (SSSR count). The number of carbonyl (C=O) groups is 1. The molecule has 146 valence electrons. The molecule has 2 bridgehead atoms. The topological polar surface area (TPSA) is 65.0 Å². The van der Waals surface area contributed by atoms with Gasteiger partial charge in [0.1, 0.15) is 0 Å². The summed E-state index contributed by atoms with van der Waals surface area (Å²) in [4.78, 5) is 10.5. The lowest BCUT2D eigenvalue weighted by Crippen LogP contribution is -2.29. The molecule has 2 aliphatic heterocycles. The smallest absolute Gasteiger partial charge is 0.303 e. The predicted octanol–water partition coefficient (Wildman–Crippen LogP) is 4.04. The van der Waals surface area contributed by atoms with Gasteiger partial charge in [-0.2, -0.15) is 0 Å². The molecule has 0 aromatic carbocycles. The van der Waals surface area contributed by atoms with Gasteiger partial charge in [0.15, 0.2) is 0 Å². The van der Waals surface area contributed by atoms with Gasteiger partial charge < -0.3 is 19.3 Å². The van der Waals surface area contributed by atoms with Gasteiger partial charge in [0.2, 0.25) is 0 Å². The van der Waals surface area contributed by atoms with E-state index in [9.17, 15) is 4.79 Å². The average Bonchev–Trinajstić information content (AvgIpc) is 3.19. The van der Waals surface area contributed by atoms with Gasteiger partial charge in [0.25, 0.3) is 0 Å². The zero-order valence-electron chi connectivity index (χ0n) is 15.8. The molecule has 4 atom stereocenters. The van der Waals surface area contributed by atoms with Crippen LogP contribution in [0, 0.1) is 11.8 Å². The monoisotopic (exact) mass is 356 g/mol. The molecular formula is C20H36O5. The highest BCUT2D eigenvalue weighted by Gasteiger charge is 2.47. The minimum Gasteiger partial charge on any atom is -0.481 e. The number of unbranched alkanes of at least 4 members (excludes halogenated alkanes) is 3. The largest absolute Gasteiger partial charge is 0.481 e. The maximum absolute atomic E-state index is 10.5. The molecule has 0 saturated carbocycles. The highest BCUT2D eigenvalue weighted by atomic mass is 16.5. The van der Waals surface area contributed by atoms with Gasteiger partial charge >= 0.3 is 5.97 Å². The fraction of sp³-hybridized carbons (Fsp3) is 0.950. The highest BCUT2D eigenvalue weighted by Crippen LogP contribution is 2.46. The molecule has 0 aromatic rings. The van der Waals surface area contributed by atoms with Crippen LogP contribution in [-0.4, -0.2) is 49.7 Å². The molecule has 2 fully saturated rings. The number of fused-ring (bicyclic) bond motifs is 2. The van der Waals surface area contributed by atoms with Gasteiger partial charge in [0.05, 0.1) is 12.2 Å². The molecule has 25 heavy (non-hydrogen) atoms. The summed E-state index contributed by atoms with van der Waals surface area (Å²) in [5.74, 6) is 0.443. The van der Waals surface area contributed by atoms with Crippen LogP contribution in [-0.2, 0) is 19.0 Å². The lowest BCUT2D eigenvalue weighted by molar-refractivity contribution is -0.137. The molecule has 0 amide bonds. The average molecular weight is 357 g/mol. The maximum Gasteiger partial charge on any atom is 0.303 e. The van der Waals surface area contributed by atoms with Crippen molar-refractivity contribution in [2.75, 3.05) is 26.4 Å². The van der Waals surface area contributed by atoms with E-state index in [-0.39, 0.29) is 6.42 Å². The summed E-state index contributed by atoms with van der Waals surface area (Å²) < 4.78 is 17.6. The second-order valence-electron chi connectivity index (χ2n) is 7.48. The van der Waals surface area contributed by atoms with Crippen LogP contribution in [0.4, 0.5) is 0 Å². The first-order chi connectivity index (χ1) is 12.2. The molecule has 2 saturated heterocycles. The van der Waals surface area contributed by atoms with Crippen molar-refractivity contribution in [1.82, 2.24) is 0 Å². The molecular weight excluding hydrogens is 320 g/mol.